The summed E-state index contributed by atoms with van der Waals surface area (Å²) in [7, 11) is 0. The minimum Gasteiger partial charge on any atom is -0.477 e. The molecule has 6 nitrogen and oxygen atoms in total. The van der Waals surface area contributed by atoms with Crippen molar-refractivity contribution >= 4 is 5.97 Å². The van der Waals surface area contributed by atoms with Crippen molar-refractivity contribution in [2.24, 2.45) is 5.73 Å². The lowest BCUT2D eigenvalue weighted by Crippen LogP contribution is -2.60. The van der Waals surface area contributed by atoms with Crippen molar-refractivity contribution in [3.8, 4) is 0 Å². The minimum atomic E-state index is -2.31. The van der Waals surface area contributed by atoms with Gasteiger partial charge in [-0.25, -0.2) is 4.79 Å². The lowest BCUT2D eigenvalue weighted by molar-refractivity contribution is -0.271. The number of aliphatic hydroxyl groups is 2. The largest absolute Gasteiger partial charge is 0.477 e. The average Bonchev–Trinajstić information content (AvgIpc) is 2.00. The SMILES string of the molecule is CC1OC(O)(C(=O)O)CC(O)C1N. The van der Waals surface area contributed by atoms with Gasteiger partial charge >= 0.3 is 5.97 Å². The number of hydrogen-bond acceptors (Lipinski definition) is 5. The summed E-state index contributed by atoms with van der Waals surface area (Å²) in [5.74, 6) is -3.82. The highest BCUT2D eigenvalue weighted by atomic mass is 16.7. The number of ether oxygens (including phenoxy) is 1. The highest BCUT2D eigenvalue weighted by Crippen LogP contribution is 2.26. The number of aliphatic hydroxyl groups excluding tert-OH is 1. The molecule has 6 heteroatoms. The van der Waals surface area contributed by atoms with Crippen molar-refractivity contribution in [1.82, 2.24) is 0 Å². The Labute approximate surface area is 74.9 Å². The summed E-state index contributed by atoms with van der Waals surface area (Å²) in [5, 5.41) is 27.3. The zero-order valence-corrected chi connectivity index (χ0v) is 7.17. The molecule has 1 saturated heterocycles. The zero-order valence-electron chi connectivity index (χ0n) is 7.17. The van der Waals surface area contributed by atoms with Crippen molar-refractivity contribution in [3.05, 3.63) is 0 Å². The maximum atomic E-state index is 10.5. The maximum Gasteiger partial charge on any atom is 0.364 e. The van der Waals surface area contributed by atoms with Gasteiger partial charge in [-0.05, 0) is 6.92 Å². The van der Waals surface area contributed by atoms with Crippen LogP contribution in [0.25, 0.3) is 0 Å². The van der Waals surface area contributed by atoms with Gasteiger partial charge in [0.1, 0.15) is 0 Å². The Kier molecular flexibility index (Phi) is 2.58. The molecule has 5 N–H and O–H groups in total. The van der Waals surface area contributed by atoms with Crippen LogP contribution in [0.3, 0.4) is 0 Å². The highest BCUT2D eigenvalue weighted by molar-refractivity contribution is 5.75. The Hall–Kier alpha value is -0.690. The molecule has 0 aromatic rings. The normalized spacial score (nSPS) is 46.0. The Balaban J connectivity index is 2.79. The van der Waals surface area contributed by atoms with Crippen molar-refractivity contribution in [2.75, 3.05) is 0 Å². The molecule has 0 bridgehead atoms. The number of hydrogen-bond donors (Lipinski definition) is 4. The van der Waals surface area contributed by atoms with E-state index < -0.39 is 36.4 Å². The van der Waals surface area contributed by atoms with Crippen LogP contribution in [0.2, 0.25) is 0 Å². The van der Waals surface area contributed by atoms with Gasteiger partial charge in [0.25, 0.3) is 5.79 Å². The van der Waals surface area contributed by atoms with Crippen molar-refractivity contribution in [1.29, 1.82) is 0 Å². The van der Waals surface area contributed by atoms with Crippen LogP contribution in [-0.4, -0.2) is 45.3 Å². The number of aliphatic carboxylic acids is 1. The van der Waals surface area contributed by atoms with Gasteiger partial charge in [-0.1, -0.05) is 0 Å². The molecule has 4 unspecified atom stereocenters. The third-order valence-electron chi connectivity index (χ3n) is 2.19. The standard InChI is InChI=1S/C7H13NO5/c1-3-5(8)4(9)2-7(12,13-3)6(10)11/h3-5,9,12H,2,8H2,1H3,(H,10,11). The average molecular weight is 191 g/mol. The number of nitrogens with two attached hydrogens (primary N) is 1. The Morgan fingerprint density at radius 3 is 2.62 bits per heavy atom. The molecular formula is C7H13NO5. The van der Waals surface area contributed by atoms with Crippen molar-refractivity contribution in [3.63, 3.8) is 0 Å². The van der Waals surface area contributed by atoms with E-state index in [1.54, 1.807) is 0 Å². The summed E-state index contributed by atoms with van der Waals surface area (Å²) in [6.45, 7) is 1.50. The number of rotatable bonds is 1. The molecule has 1 heterocycles. The summed E-state index contributed by atoms with van der Waals surface area (Å²) in [6, 6.07) is -0.667. The molecule has 0 saturated carbocycles. The van der Waals surface area contributed by atoms with Crippen LogP contribution in [0, 0.1) is 0 Å². The van der Waals surface area contributed by atoms with E-state index in [1.165, 1.54) is 6.92 Å². The van der Waals surface area contributed by atoms with Gasteiger partial charge in [0.15, 0.2) is 0 Å². The molecule has 0 spiro atoms. The van der Waals surface area contributed by atoms with Gasteiger partial charge in [-0.2, -0.15) is 0 Å². The van der Waals surface area contributed by atoms with Gasteiger partial charge in [0.05, 0.1) is 18.2 Å². The van der Waals surface area contributed by atoms with E-state index in [9.17, 15) is 15.0 Å². The van der Waals surface area contributed by atoms with Gasteiger partial charge in [-0.15, -0.1) is 0 Å². The topological polar surface area (TPSA) is 113 Å². The highest BCUT2D eigenvalue weighted by Gasteiger charge is 2.48. The molecule has 13 heavy (non-hydrogen) atoms. The van der Waals surface area contributed by atoms with Gasteiger partial charge in [0, 0.05) is 6.42 Å². The molecule has 0 aromatic carbocycles. The van der Waals surface area contributed by atoms with Crippen LogP contribution in [0.4, 0.5) is 0 Å². The molecular weight excluding hydrogens is 178 g/mol. The summed E-state index contributed by atoms with van der Waals surface area (Å²) < 4.78 is 4.79. The fourth-order valence-electron chi connectivity index (χ4n) is 1.30. The fourth-order valence-corrected chi connectivity index (χ4v) is 1.30. The minimum absolute atomic E-state index is 0.409. The van der Waals surface area contributed by atoms with E-state index in [1.807, 2.05) is 0 Å². The van der Waals surface area contributed by atoms with Gasteiger partial charge < -0.3 is 25.8 Å². The van der Waals surface area contributed by atoms with Crippen LogP contribution < -0.4 is 5.73 Å². The lowest BCUT2D eigenvalue weighted by atomic mass is 9.95. The molecule has 4 atom stereocenters. The second-order valence-electron chi connectivity index (χ2n) is 3.26. The summed E-state index contributed by atoms with van der Waals surface area (Å²) in [6.07, 6.45) is -2.16. The van der Waals surface area contributed by atoms with Crippen LogP contribution >= 0.6 is 0 Å². The van der Waals surface area contributed by atoms with E-state index in [0.717, 1.165) is 0 Å². The van der Waals surface area contributed by atoms with E-state index in [0.29, 0.717) is 0 Å². The van der Waals surface area contributed by atoms with Gasteiger partial charge in [0.2, 0.25) is 0 Å². The van der Waals surface area contributed by atoms with E-state index in [4.69, 9.17) is 15.6 Å². The molecule has 76 valence electrons. The summed E-state index contributed by atoms with van der Waals surface area (Å²) >= 11 is 0. The Bertz CT molecular complexity index is 207. The third-order valence-corrected chi connectivity index (χ3v) is 2.19. The van der Waals surface area contributed by atoms with Crippen LogP contribution in [0.1, 0.15) is 13.3 Å². The van der Waals surface area contributed by atoms with Gasteiger partial charge in [-0.3, -0.25) is 0 Å². The zero-order chi connectivity index (χ0) is 10.2. The lowest BCUT2D eigenvalue weighted by Gasteiger charge is -2.39. The fraction of sp³-hybridized carbons (Fsp3) is 0.857. The second-order valence-corrected chi connectivity index (χ2v) is 3.26. The van der Waals surface area contributed by atoms with Crippen LogP contribution in [-0.2, 0) is 9.53 Å². The molecule has 1 rings (SSSR count). The number of carboxylic acids is 1. The van der Waals surface area contributed by atoms with Crippen LogP contribution in [0.5, 0.6) is 0 Å². The number of carboxylic acid groups (broad SMARTS) is 1. The molecule has 0 amide bonds. The first-order valence-electron chi connectivity index (χ1n) is 3.94. The molecule has 0 aromatic heterocycles. The monoisotopic (exact) mass is 191 g/mol. The third kappa shape index (κ3) is 1.80. The van der Waals surface area contributed by atoms with E-state index in [2.05, 4.69) is 0 Å². The van der Waals surface area contributed by atoms with Crippen molar-refractivity contribution < 1.29 is 24.9 Å². The molecule has 1 aliphatic heterocycles. The first-order chi connectivity index (χ1) is 5.87. The molecule has 1 fully saturated rings. The second kappa shape index (κ2) is 3.22. The molecule has 0 aliphatic carbocycles. The van der Waals surface area contributed by atoms with E-state index in [-0.39, 0.29) is 0 Å². The summed E-state index contributed by atoms with van der Waals surface area (Å²) in [5.41, 5.74) is 5.46. The number of carbonyl (C=O) groups is 1. The predicted molar refractivity (Wildman–Crippen MR) is 41.7 cm³/mol. The smallest absolute Gasteiger partial charge is 0.364 e. The van der Waals surface area contributed by atoms with E-state index >= 15 is 0 Å². The molecule has 1 aliphatic rings. The first-order valence-corrected chi connectivity index (χ1v) is 3.94. The quantitative estimate of drug-likeness (QED) is 0.391. The predicted octanol–water partition coefficient (Wildman–Crippen LogP) is -1.74. The van der Waals surface area contributed by atoms with Crippen molar-refractivity contribution in [2.45, 2.75) is 37.4 Å². The first kappa shape index (κ1) is 10.4. The molecule has 0 radical (unpaired) electrons. The Morgan fingerprint density at radius 1 is 1.69 bits per heavy atom. The summed E-state index contributed by atoms with van der Waals surface area (Å²) in [4.78, 5) is 10.5. The maximum absolute atomic E-state index is 10.5. The Morgan fingerprint density at radius 2 is 2.23 bits per heavy atom. The van der Waals surface area contributed by atoms with Crippen LogP contribution in [0.15, 0.2) is 0 Å².